The van der Waals surface area contributed by atoms with Crippen LogP contribution in [0.5, 0.6) is 0 Å². The van der Waals surface area contributed by atoms with Crippen LogP contribution in [0, 0.1) is 5.82 Å². The van der Waals surface area contributed by atoms with Crippen LogP contribution in [0.15, 0.2) is 39.7 Å². The fourth-order valence-electron chi connectivity index (χ4n) is 1.19. The summed E-state index contributed by atoms with van der Waals surface area (Å²) < 4.78 is 13.7. The molecule has 0 radical (unpaired) electrons. The molecule has 1 heterocycles. The van der Waals surface area contributed by atoms with E-state index in [9.17, 15) is 9.18 Å². The fourth-order valence-corrected chi connectivity index (χ4v) is 1.62. The third-order valence-electron chi connectivity index (χ3n) is 1.85. The predicted molar refractivity (Wildman–Crippen MR) is 58.0 cm³/mol. The van der Waals surface area contributed by atoms with Crippen LogP contribution >= 0.6 is 15.9 Å². The van der Waals surface area contributed by atoms with E-state index >= 15 is 0 Å². The zero-order valence-corrected chi connectivity index (χ0v) is 9.08. The Morgan fingerprint density at radius 1 is 1.33 bits per heavy atom. The van der Waals surface area contributed by atoms with E-state index in [2.05, 4.69) is 25.9 Å². The van der Waals surface area contributed by atoms with E-state index in [0.29, 0.717) is 15.9 Å². The Morgan fingerprint density at radius 2 is 2.13 bits per heavy atom. The average Bonchev–Trinajstić information content (AvgIpc) is 2.22. The Balaban J connectivity index is 2.63. The Kier molecular flexibility index (Phi) is 2.64. The minimum absolute atomic E-state index is 0.267. The van der Waals surface area contributed by atoms with Crippen molar-refractivity contribution >= 4 is 15.9 Å². The van der Waals surface area contributed by atoms with Crippen molar-refractivity contribution in [1.82, 2.24) is 9.97 Å². The van der Waals surface area contributed by atoms with Gasteiger partial charge >= 0.3 is 0 Å². The van der Waals surface area contributed by atoms with E-state index in [1.54, 1.807) is 6.07 Å². The second kappa shape index (κ2) is 3.94. The normalized spacial score (nSPS) is 10.3. The second-order valence-electron chi connectivity index (χ2n) is 2.91. The molecule has 3 nitrogen and oxygen atoms in total. The lowest BCUT2D eigenvalue weighted by atomic mass is 10.2. The molecule has 1 aromatic heterocycles. The van der Waals surface area contributed by atoms with E-state index in [4.69, 9.17) is 0 Å². The van der Waals surface area contributed by atoms with Gasteiger partial charge in [-0.3, -0.25) is 4.79 Å². The van der Waals surface area contributed by atoms with Gasteiger partial charge < -0.3 is 4.98 Å². The first-order chi connectivity index (χ1) is 7.16. The Labute approximate surface area is 93.1 Å². The summed E-state index contributed by atoms with van der Waals surface area (Å²) in [6.45, 7) is 0. The van der Waals surface area contributed by atoms with Crippen molar-refractivity contribution in [3.63, 3.8) is 0 Å². The van der Waals surface area contributed by atoms with Crippen LogP contribution in [-0.2, 0) is 0 Å². The van der Waals surface area contributed by atoms with Gasteiger partial charge in [0, 0.05) is 22.3 Å². The number of rotatable bonds is 1. The number of hydrogen-bond donors (Lipinski definition) is 1. The molecule has 0 bridgehead atoms. The van der Waals surface area contributed by atoms with Gasteiger partial charge in [0.25, 0.3) is 5.56 Å². The summed E-state index contributed by atoms with van der Waals surface area (Å²) in [7, 11) is 0. The highest BCUT2D eigenvalue weighted by Gasteiger charge is 2.06. The summed E-state index contributed by atoms with van der Waals surface area (Å²) >= 11 is 3.26. The number of benzene rings is 1. The number of hydrogen-bond acceptors (Lipinski definition) is 2. The molecule has 0 fully saturated rings. The zero-order valence-electron chi connectivity index (χ0n) is 7.50. The monoisotopic (exact) mass is 268 g/mol. The molecule has 1 N–H and O–H groups in total. The van der Waals surface area contributed by atoms with E-state index in [1.165, 1.54) is 24.4 Å². The number of nitrogens with zero attached hydrogens (tertiary/aromatic N) is 1. The van der Waals surface area contributed by atoms with E-state index in [0.717, 1.165) is 0 Å². The lowest BCUT2D eigenvalue weighted by Gasteiger charge is -2.02. The third-order valence-corrected chi connectivity index (χ3v) is 2.55. The maximum Gasteiger partial charge on any atom is 0.251 e. The Hall–Kier alpha value is -1.49. The molecular weight excluding hydrogens is 263 g/mol. The molecule has 76 valence electrons. The number of nitrogens with one attached hydrogen (secondary N) is 1. The maximum absolute atomic E-state index is 13.0. The van der Waals surface area contributed by atoms with Crippen molar-refractivity contribution in [1.29, 1.82) is 0 Å². The highest BCUT2D eigenvalue weighted by molar-refractivity contribution is 9.10. The quantitative estimate of drug-likeness (QED) is 0.863. The van der Waals surface area contributed by atoms with Crippen LogP contribution in [0.25, 0.3) is 11.4 Å². The van der Waals surface area contributed by atoms with Gasteiger partial charge in [0.15, 0.2) is 0 Å². The van der Waals surface area contributed by atoms with Crippen LogP contribution in [0.1, 0.15) is 0 Å². The summed E-state index contributed by atoms with van der Waals surface area (Å²) in [4.78, 5) is 17.5. The standard InChI is InChI=1S/C10H6BrFN2O/c11-8-2-1-6(12)5-7(8)10-13-4-3-9(15)14-10/h1-5H,(H,13,14,15). The molecule has 0 unspecified atom stereocenters. The van der Waals surface area contributed by atoms with Gasteiger partial charge in [0.1, 0.15) is 11.6 Å². The molecule has 0 amide bonds. The van der Waals surface area contributed by atoms with Crippen LogP contribution in [0.4, 0.5) is 4.39 Å². The largest absolute Gasteiger partial charge is 0.306 e. The molecule has 2 rings (SSSR count). The average molecular weight is 269 g/mol. The highest BCUT2D eigenvalue weighted by atomic mass is 79.9. The molecule has 0 spiro atoms. The summed E-state index contributed by atoms with van der Waals surface area (Å²) in [5, 5.41) is 0. The molecule has 2 aromatic rings. The molecule has 0 aliphatic carbocycles. The predicted octanol–water partition coefficient (Wildman–Crippen LogP) is 2.34. The summed E-state index contributed by atoms with van der Waals surface area (Å²) in [5.41, 5.74) is 0.254. The minimum Gasteiger partial charge on any atom is -0.306 e. The molecule has 0 atom stereocenters. The van der Waals surface area contributed by atoms with Crippen LogP contribution in [0.3, 0.4) is 0 Å². The van der Waals surface area contributed by atoms with Gasteiger partial charge in [-0.2, -0.15) is 0 Å². The molecule has 0 saturated carbocycles. The summed E-state index contributed by atoms with van der Waals surface area (Å²) in [6.07, 6.45) is 1.38. The SMILES string of the molecule is O=c1ccnc(-c2cc(F)ccc2Br)[nH]1. The molecule has 5 heteroatoms. The smallest absolute Gasteiger partial charge is 0.251 e. The van der Waals surface area contributed by atoms with Gasteiger partial charge in [0.05, 0.1) is 0 Å². The van der Waals surface area contributed by atoms with Gasteiger partial charge in [-0.15, -0.1) is 0 Å². The lowest BCUT2D eigenvalue weighted by molar-refractivity contribution is 0.628. The molecule has 0 saturated heterocycles. The van der Waals surface area contributed by atoms with Crippen LogP contribution in [0.2, 0.25) is 0 Å². The fraction of sp³-hybridized carbons (Fsp3) is 0. The van der Waals surface area contributed by atoms with Crippen molar-refractivity contribution in [3.8, 4) is 11.4 Å². The number of halogens is 2. The molecule has 1 aromatic carbocycles. The van der Waals surface area contributed by atoms with Gasteiger partial charge in [-0.25, -0.2) is 9.37 Å². The highest BCUT2D eigenvalue weighted by Crippen LogP contribution is 2.25. The maximum atomic E-state index is 13.0. The van der Waals surface area contributed by atoms with Crippen molar-refractivity contribution < 1.29 is 4.39 Å². The van der Waals surface area contributed by atoms with Gasteiger partial charge in [-0.1, -0.05) is 15.9 Å². The van der Waals surface area contributed by atoms with Crippen molar-refractivity contribution in [2.24, 2.45) is 0 Å². The third kappa shape index (κ3) is 2.12. The summed E-state index contributed by atoms with van der Waals surface area (Å²) in [5.74, 6) is -0.0337. The van der Waals surface area contributed by atoms with Crippen LogP contribution < -0.4 is 5.56 Å². The Bertz CT molecular complexity index is 553. The van der Waals surface area contributed by atoms with Crippen LogP contribution in [-0.4, -0.2) is 9.97 Å². The van der Waals surface area contributed by atoms with Gasteiger partial charge in [-0.05, 0) is 18.2 Å². The number of aromatic nitrogens is 2. The summed E-state index contributed by atoms with van der Waals surface area (Å²) in [6, 6.07) is 5.51. The first-order valence-electron chi connectivity index (χ1n) is 4.17. The lowest BCUT2D eigenvalue weighted by Crippen LogP contribution is -2.06. The topological polar surface area (TPSA) is 45.8 Å². The molecular formula is C10H6BrFN2O. The second-order valence-corrected chi connectivity index (χ2v) is 3.76. The number of aromatic amines is 1. The van der Waals surface area contributed by atoms with Crippen molar-refractivity contribution in [2.45, 2.75) is 0 Å². The zero-order chi connectivity index (χ0) is 10.8. The minimum atomic E-state index is -0.375. The molecule has 15 heavy (non-hydrogen) atoms. The van der Waals surface area contributed by atoms with Crippen molar-refractivity contribution in [3.05, 3.63) is 51.1 Å². The number of H-pyrrole nitrogens is 1. The van der Waals surface area contributed by atoms with E-state index in [-0.39, 0.29) is 11.4 Å². The first kappa shape index (κ1) is 10.0. The molecule has 0 aliphatic heterocycles. The van der Waals surface area contributed by atoms with E-state index < -0.39 is 0 Å². The van der Waals surface area contributed by atoms with Crippen molar-refractivity contribution in [2.75, 3.05) is 0 Å². The van der Waals surface area contributed by atoms with E-state index in [1.807, 2.05) is 0 Å². The first-order valence-corrected chi connectivity index (χ1v) is 4.97. The Morgan fingerprint density at radius 3 is 2.87 bits per heavy atom. The van der Waals surface area contributed by atoms with Gasteiger partial charge in [0.2, 0.25) is 0 Å². The molecule has 0 aliphatic rings.